The van der Waals surface area contributed by atoms with Crippen molar-refractivity contribution >= 4 is 5.69 Å². The van der Waals surface area contributed by atoms with Crippen LogP contribution in [0.4, 0.5) is 5.69 Å². The molecule has 1 spiro atoms. The molecule has 0 saturated carbocycles. The van der Waals surface area contributed by atoms with Crippen molar-refractivity contribution in [2.75, 3.05) is 7.11 Å². The molecule has 0 atom stereocenters. The summed E-state index contributed by atoms with van der Waals surface area (Å²) in [5, 5.41) is 11.9. The van der Waals surface area contributed by atoms with Gasteiger partial charge in [-0.1, -0.05) is 84.9 Å². The fourth-order valence-electron chi connectivity index (χ4n) is 6.30. The Hall–Kier alpha value is -4.70. The van der Waals surface area contributed by atoms with Gasteiger partial charge >= 0.3 is 0 Å². The molecule has 0 unspecified atom stereocenters. The molecule has 0 heterocycles. The summed E-state index contributed by atoms with van der Waals surface area (Å²) in [4.78, 5) is 11.6. The second-order valence-electron chi connectivity index (χ2n) is 9.29. The minimum atomic E-state index is -0.413. The second kappa shape index (κ2) is 7.40. The van der Waals surface area contributed by atoms with Gasteiger partial charge < -0.3 is 4.74 Å². The Bertz CT molecular complexity index is 1670. The van der Waals surface area contributed by atoms with Crippen LogP contribution in [0, 0.1) is 10.1 Å². The number of methoxy groups -OCH3 is 1. The lowest BCUT2D eigenvalue weighted by Gasteiger charge is -2.30. The van der Waals surface area contributed by atoms with Crippen LogP contribution in [0.1, 0.15) is 22.3 Å². The van der Waals surface area contributed by atoms with Crippen LogP contribution in [-0.4, -0.2) is 12.0 Å². The standard InChI is InChI=1S/C32H21NO3/c1-36-21-15-16-22(31(19-21)33(34)35)20-14-17-30-26(18-20)25-10-4-7-13-29(25)32(30)27-11-5-2-8-23(27)24-9-3-6-12-28(24)32/h2-19H,1H3. The largest absolute Gasteiger partial charge is 0.497 e. The van der Waals surface area contributed by atoms with E-state index in [0.29, 0.717) is 11.3 Å². The van der Waals surface area contributed by atoms with Crippen molar-refractivity contribution in [2.24, 2.45) is 0 Å². The molecule has 0 amide bonds. The highest BCUT2D eigenvalue weighted by atomic mass is 16.6. The summed E-state index contributed by atoms with van der Waals surface area (Å²) < 4.78 is 5.24. The molecule has 36 heavy (non-hydrogen) atoms. The van der Waals surface area contributed by atoms with Gasteiger partial charge in [-0.25, -0.2) is 0 Å². The number of ether oxygens (including phenoxy) is 1. The third kappa shape index (κ3) is 2.53. The Labute approximate surface area is 208 Å². The lowest BCUT2D eigenvalue weighted by atomic mass is 9.70. The van der Waals surface area contributed by atoms with Gasteiger partial charge in [0, 0.05) is 0 Å². The van der Waals surface area contributed by atoms with Gasteiger partial charge in [0.05, 0.1) is 29.1 Å². The molecule has 0 saturated heterocycles. The topological polar surface area (TPSA) is 52.4 Å². The van der Waals surface area contributed by atoms with E-state index in [0.717, 1.165) is 16.7 Å². The molecule has 0 radical (unpaired) electrons. The molecule has 7 rings (SSSR count). The summed E-state index contributed by atoms with van der Waals surface area (Å²) in [6, 6.07) is 37.2. The molecular formula is C32H21NO3. The van der Waals surface area contributed by atoms with Gasteiger partial charge in [-0.2, -0.15) is 0 Å². The van der Waals surface area contributed by atoms with Crippen molar-refractivity contribution in [3.63, 3.8) is 0 Å². The average molecular weight is 468 g/mol. The van der Waals surface area contributed by atoms with E-state index >= 15 is 0 Å². The van der Waals surface area contributed by atoms with Crippen LogP contribution in [0.2, 0.25) is 0 Å². The van der Waals surface area contributed by atoms with Crippen LogP contribution >= 0.6 is 0 Å². The molecule has 172 valence electrons. The minimum Gasteiger partial charge on any atom is -0.497 e. The van der Waals surface area contributed by atoms with Crippen LogP contribution in [0.25, 0.3) is 33.4 Å². The van der Waals surface area contributed by atoms with Gasteiger partial charge in [-0.15, -0.1) is 0 Å². The number of rotatable bonds is 3. The van der Waals surface area contributed by atoms with Gasteiger partial charge in [-0.3, -0.25) is 10.1 Å². The highest BCUT2D eigenvalue weighted by Crippen LogP contribution is 2.62. The first-order chi connectivity index (χ1) is 17.6. The maximum Gasteiger partial charge on any atom is 0.280 e. The molecule has 5 aromatic rings. The van der Waals surface area contributed by atoms with Crippen LogP contribution in [-0.2, 0) is 5.41 Å². The van der Waals surface area contributed by atoms with Crippen molar-refractivity contribution in [3.05, 3.63) is 142 Å². The van der Waals surface area contributed by atoms with Crippen molar-refractivity contribution in [1.82, 2.24) is 0 Å². The van der Waals surface area contributed by atoms with Crippen molar-refractivity contribution < 1.29 is 9.66 Å². The smallest absolute Gasteiger partial charge is 0.280 e. The number of nitro groups is 1. The predicted molar refractivity (Wildman–Crippen MR) is 141 cm³/mol. The summed E-state index contributed by atoms with van der Waals surface area (Å²) in [5.74, 6) is 0.468. The van der Waals surface area contributed by atoms with E-state index in [4.69, 9.17) is 4.74 Å². The molecule has 2 aliphatic rings. The quantitative estimate of drug-likeness (QED) is 0.198. The fraction of sp³-hybridized carbons (Fsp3) is 0.0625. The second-order valence-corrected chi connectivity index (χ2v) is 9.29. The number of hydrogen-bond donors (Lipinski definition) is 0. The molecule has 0 aromatic heterocycles. The zero-order chi connectivity index (χ0) is 24.4. The zero-order valence-electron chi connectivity index (χ0n) is 19.6. The molecular weight excluding hydrogens is 446 g/mol. The number of hydrogen-bond acceptors (Lipinski definition) is 3. The molecule has 0 aliphatic heterocycles. The van der Waals surface area contributed by atoms with Gasteiger partial charge in [0.25, 0.3) is 5.69 Å². The SMILES string of the molecule is COc1ccc(-c2ccc3c(c2)-c2ccccc2C32c3ccccc3-c3ccccc32)c([N+](=O)[O-])c1. The van der Waals surface area contributed by atoms with Gasteiger partial charge in [0.1, 0.15) is 5.75 Å². The summed E-state index contributed by atoms with van der Waals surface area (Å²) in [6.45, 7) is 0. The number of nitro benzene ring substituents is 1. The Kier molecular flexibility index (Phi) is 4.24. The number of nitrogens with zero attached hydrogens (tertiary/aromatic N) is 1. The first kappa shape index (κ1) is 20.7. The van der Waals surface area contributed by atoms with E-state index in [9.17, 15) is 10.1 Å². The number of fused-ring (bicyclic) bond motifs is 10. The van der Waals surface area contributed by atoms with E-state index in [1.54, 1.807) is 12.1 Å². The molecule has 5 aromatic carbocycles. The monoisotopic (exact) mass is 467 g/mol. The van der Waals surface area contributed by atoms with E-state index in [2.05, 4.69) is 84.9 Å². The lowest BCUT2D eigenvalue weighted by Crippen LogP contribution is -2.25. The van der Waals surface area contributed by atoms with Gasteiger partial charge in [-0.05, 0) is 68.3 Å². The molecule has 4 nitrogen and oxygen atoms in total. The highest BCUT2D eigenvalue weighted by molar-refractivity contribution is 5.96. The first-order valence-electron chi connectivity index (χ1n) is 11.9. The van der Waals surface area contributed by atoms with Gasteiger partial charge in [0.2, 0.25) is 0 Å². The first-order valence-corrected chi connectivity index (χ1v) is 11.9. The number of benzene rings is 5. The van der Waals surface area contributed by atoms with Crippen LogP contribution in [0.15, 0.2) is 109 Å². The molecule has 0 bridgehead atoms. The van der Waals surface area contributed by atoms with E-state index in [1.807, 2.05) is 6.07 Å². The Morgan fingerprint density at radius 3 is 1.69 bits per heavy atom. The van der Waals surface area contributed by atoms with E-state index < -0.39 is 5.41 Å². The third-order valence-electron chi connectivity index (χ3n) is 7.71. The molecule has 0 N–H and O–H groups in total. The third-order valence-corrected chi connectivity index (χ3v) is 7.71. The molecule has 2 aliphatic carbocycles. The molecule has 4 heteroatoms. The Balaban J connectivity index is 1.54. The fourth-order valence-corrected chi connectivity index (χ4v) is 6.30. The maximum atomic E-state index is 11.9. The normalized spacial score (nSPS) is 13.6. The molecule has 0 fully saturated rings. The van der Waals surface area contributed by atoms with Crippen molar-refractivity contribution in [1.29, 1.82) is 0 Å². The predicted octanol–water partition coefficient (Wildman–Crippen LogP) is 7.61. The summed E-state index contributed by atoms with van der Waals surface area (Å²) in [6.07, 6.45) is 0. The lowest BCUT2D eigenvalue weighted by molar-refractivity contribution is -0.384. The van der Waals surface area contributed by atoms with E-state index in [-0.39, 0.29) is 10.6 Å². The van der Waals surface area contributed by atoms with Crippen LogP contribution < -0.4 is 4.74 Å². The van der Waals surface area contributed by atoms with E-state index in [1.165, 1.54) is 46.6 Å². The van der Waals surface area contributed by atoms with Crippen molar-refractivity contribution in [2.45, 2.75) is 5.41 Å². The zero-order valence-corrected chi connectivity index (χ0v) is 19.6. The van der Waals surface area contributed by atoms with Crippen molar-refractivity contribution in [3.8, 4) is 39.1 Å². The van der Waals surface area contributed by atoms with Crippen LogP contribution in [0.3, 0.4) is 0 Å². The summed E-state index contributed by atoms with van der Waals surface area (Å²) >= 11 is 0. The Morgan fingerprint density at radius 2 is 1.14 bits per heavy atom. The average Bonchev–Trinajstić information content (AvgIpc) is 3.40. The minimum absolute atomic E-state index is 0.0341. The highest BCUT2D eigenvalue weighted by Gasteiger charge is 2.51. The van der Waals surface area contributed by atoms with Gasteiger partial charge in [0.15, 0.2) is 0 Å². The summed E-state index contributed by atoms with van der Waals surface area (Å²) in [7, 11) is 1.52. The van der Waals surface area contributed by atoms with Crippen LogP contribution in [0.5, 0.6) is 5.75 Å². The maximum absolute atomic E-state index is 11.9. The Morgan fingerprint density at radius 1 is 0.611 bits per heavy atom. The summed E-state index contributed by atoms with van der Waals surface area (Å²) in [5.41, 5.74) is 10.8.